The Labute approximate surface area is 352 Å². The molecule has 0 N–H and O–H groups in total. The predicted octanol–water partition coefficient (Wildman–Crippen LogP) is 16.2. The Morgan fingerprint density at radius 3 is 1.40 bits per heavy atom. The minimum atomic E-state index is -0.306. The van der Waals surface area contributed by atoms with E-state index in [2.05, 4.69) is 242 Å². The van der Waals surface area contributed by atoms with Crippen LogP contribution < -0.4 is 4.90 Å². The maximum absolute atomic E-state index is 2.47. The van der Waals surface area contributed by atoms with E-state index in [-0.39, 0.29) is 5.41 Å². The molecule has 284 valence electrons. The zero-order chi connectivity index (χ0) is 40.0. The minimum absolute atomic E-state index is 0.306. The third-order valence-electron chi connectivity index (χ3n) is 12.9. The fourth-order valence-electron chi connectivity index (χ4n) is 10.0. The van der Waals surface area contributed by atoms with Gasteiger partial charge in [0.15, 0.2) is 0 Å². The summed E-state index contributed by atoms with van der Waals surface area (Å²) in [5, 5.41) is 5.02. The van der Waals surface area contributed by atoms with Crippen molar-refractivity contribution >= 4 is 38.6 Å². The molecule has 0 radical (unpaired) electrons. The molecule has 1 nitrogen and oxygen atoms in total. The van der Waals surface area contributed by atoms with Gasteiger partial charge in [-0.2, -0.15) is 0 Å². The molecule has 10 aromatic carbocycles. The number of hydrogen-bond acceptors (Lipinski definition) is 1. The van der Waals surface area contributed by atoms with Crippen LogP contribution in [0, 0.1) is 0 Å². The number of anilines is 3. The maximum Gasteiger partial charge on any atom is 0.0543 e. The molecular formula is C59H43N. The average Bonchev–Trinajstić information content (AvgIpc) is 3.63. The quantitative estimate of drug-likeness (QED) is 0.149. The molecule has 10 aromatic rings. The lowest BCUT2D eigenvalue weighted by molar-refractivity contribution is 0.609. The molecule has 0 aromatic heterocycles. The van der Waals surface area contributed by atoms with E-state index in [1.807, 2.05) is 0 Å². The first-order valence-corrected chi connectivity index (χ1v) is 21.1. The van der Waals surface area contributed by atoms with Crippen LogP contribution in [-0.4, -0.2) is 0 Å². The van der Waals surface area contributed by atoms with E-state index < -0.39 is 0 Å². The number of nitrogens with zero attached hydrogens (tertiary/aromatic N) is 1. The highest BCUT2D eigenvalue weighted by Gasteiger charge is 2.44. The lowest BCUT2D eigenvalue weighted by Crippen LogP contribution is -2.26. The summed E-state index contributed by atoms with van der Waals surface area (Å²) >= 11 is 0. The Morgan fingerprint density at radius 1 is 0.350 bits per heavy atom. The number of fused-ring (bicyclic) bond motifs is 5. The zero-order valence-corrected chi connectivity index (χ0v) is 33.6. The van der Waals surface area contributed by atoms with Crippen molar-refractivity contribution in [2.75, 3.05) is 4.90 Å². The Kier molecular flexibility index (Phi) is 8.75. The Hall–Kier alpha value is -7.48. The van der Waals surface area contributed by atoms with Crippen molar-refractivity contribution in [3.8, 4) is 44.5 Å². The van der Waals surface area contributed by atoms with Crippen molar-refractivity contribution in [2.45, 2.75) is 18.8 Å². The smallest absolute Gasteiger partial charge is 0.0543 e. The summed E-state index contributed by atoms with van der Waals surface area (Å²) in [4.78, 5) is 2.47. The van der Waals surface area contributed by atoms with Crippen LogP contribution in [0.15, 0.2) is 231 Å². The summed E-state index contributed by atoms with van der Waals surface area (Å²) in [6.45, 7) is 2.35. The molecule has 1 heteroatoms. The fourth-order valence-corrected chi connectivity index (χ4v) is 10.0. The molecule has 1 aliphatic rings. The van der Waals surface area contributed by atoms with Crippen LogP contribution >= 0.6 is 0 Å². The second-order valence-electron chi connectivity index (χ2n) is 15.9. The molecule has 11 rings (SSSR count). The Morgan fingerprint density at radius 2 is 0.800 bits per heavy atom. The van der Waals surface area contributed by atoms with Gasteiger partial charge in [-0.05, 0) is 114 Å². The molecule has 1 atom stereocenters. The molecule has 0 fully saturated rings. The van der Waals surface area contributed by atoms with Gasteiger partial charge < -0.3 is 4.90 Å². The lowest BCUT2D eigenvalue weighted by Gasteiger charge is -2.33. The van der Waals surface area contributed by atoms with E-state index in [4.69, 9.17) is 0 Å². The van der Waals surface area contributed by atoms with E-state index in [1.165, 1.54) is 88.4 Å². The summed E-state index contributed by atoms with van der Waals surface area (Å²) in [5.74, 6) is 0. The number of hydrogen-bond donors (Lipinski definition) is 0. The fraction of sp³-hybridized carbons (Fsp3) is 0.0508. The van der Waals surface area contributed by atoms with Gasteiger partial charge in [-0.3, -0.25) is 0 Å². The molecule has 0 saturated heterocycles. The van der Waals surface area contributed by atoms with Crippen molar-refractivity contribution in [1.82, 2.24) is 0 Å². The summed E-state index contributed by atoms with van der Waals surface area (Å²) in [6, 6.07) is 84.9. The summed E-state index contributed by atoms with van der Waals surface area (Å²) in [7, 11) is 0. The van der Waals surface area contributed by atoms with E-state index in [1.54, 1.807) is 0 Å². The minimum Gasteiger partial charge on any atom is -0.310 e. The van der Waals surface area contributed by atoms with Gasteiger partial charge in [-0.1, -0.05) is 207 Å². The highest BCUT2D eigenvalue weighted by Crippen LogP contribution is 2.58. The van der Waals surface area contributed by atoms with Gasteiger partial charge in [0.1, 0.15) is 0 Å². The first kappa shape index (κ1) is 35.7. The van der Waals surface area contributed by atoms with Crippen LogP contribution in [0.1, 0.15) is 30.0 Å². The van der Waals surface area contributed by atoms with E-state index in [0.717, 1.165) is 17.8 Å². The SMILES string of the molecule is CCC1(c2ccc(-c3ccccc3)cc2)c2ccccc2-c2c(N(c3ccc(-c4cccc5ccccc45)cc3)c3ccc(-c4cccc5ccccc45)cc3)cccc21. The lowest BCUT2D eigenvalue weighted by atomic mass is 9.70. The van der Waals surface area contributed by atoms with Crippen LogP contribution in [-0.2, 0) is 5.41 Å². The summed E-state index contributed by atoms with van der Waals surface area (Å²) in [6.07, 6.45) is 0.935. The van der Waals surface area contributed by atoms with Crippen LogP contribution in [0.4, 0.5) is 17.1 Å². The normalized spacial score (nSPS) is 14.2. The van der Waals surface area contributed by atoms with Gasteiger partial charge in [-0.15, -0.1) is 0 Å². The molecular weight excluding hydrogens is 723 g/mol. The molecule has 1 aliphatic carbocycles. The standard InChI is InChI=1S/C59H43N/c1-2-59(47-35-29-42(30-36-47)41-15-4-3-5-16-41)55-26-11-10-23-54(55)58-56(59)27-14-28-57(58)60(48-37-31-45(32-38-48)52-24-12-19-43-17-6-8-21-50(43)52)49-39-33-46(34-40-49)53-25-13-20-44-18-7-9-22-51(44)53/h3-40H,2H2,1H3. The monoisotopic (exact) mass is 765 g/mol. The first-order valence-electron chi connectivity index (χ1n) is 21.1. The third-order valence-corrected chi connectivity index (χ3v) is 12.9. The van der Waals surface area contributed by atoms with Gasteiger partial charge in [0.2, 0.25) is 0 Å². The predicted molar refractivity (Wildman–Crippen MR) is 254 cm³/mol. The van der Waals surface area contributed by atoms with Gasteiger partial charge >= 0.3 is 0 Å². The first-order chi connectivity index (χ1) is 29.7. The average molecular weight is 766 g/mol. The van der Waals surface area contributed by atoms with E-state index in [9.17, 15) is 0 Å². The molecule has 0 amide bonds. The molecule has 0 spiro atoms. The molecule has 0 aliphatic heterocycles. The van der Waals surface area contributed by atoms with Crippen LogP contribution in [0.5, 0.6) is 0 Å². The second-order valence-corrected chi connectivity index (χ2v) is 15.9. The van der Waals surface area contributed by atoms with Crippen molar-refractivity contribution in [2.24, 2.45) is 0 Å². The van der Waals surface area contributed by atoms with Crippen molar-refractivity contribution in [3.63, 3.8) is 0 Å². The van der Waals surface area contributed by atoms with E-state index in [0.29, 0.717) is 0 Å². The van der Waals surface area contributed by atoms with Crippen LogP contribution in [0.3, 0.4) is 0 Å². The Balaban J connectivity index is 1.09. The largest absolute Gasteiger partial charge is 0.310 e. The molecule has 0 saturated carbocycles. The highest BCUT2D eigenvalue weighted by atomic mass is 15.1. The van der Waals surface area contributed by atoms with Gasteiger partial charge in [0.25, 0.3) is 0 Å². The van der Waals surface area contributed by atoms with Crippen LogP contribution in [0.2, 0.25) is 0 Å². The second kappa shape index (κ2) is 14.7. The molecule has 0 bridgehead atoms. The zero-order valence-electron chi connectivity index (χ0n) is 33.6. The Bertz CT molecular complexity index is 3030. The number of rotatable bonds is 8. The van der Waals surface area contributed by atoms with Crippen molar-refractivity contribution in [3.05, 3.63) is 247 Å². The molecule has 1 unspecified atom stereocenters. The van der Waals surface area contributed by atoms with Crippen molar-refractivity contribution in [1.29, 1.82) is 0 Å². The maximum atomic E-state index is 2.47. The number of benzene rings is 10. The summed E-state index contributed by atoms with van der Waals surface area (Å²) in [5.41, 5.74) is 17.1. The summed E-state index contributed by atoms with van der Waals surface area (Å²) < 4.78 is 0. The van der Waals surface area contributed by atoms with Gasteiger partial charge in [0, 0.05) is 22.4 Å². The van der Waals surface area contributed by atoms with Crippen LogP contribution in [0.25, 0.3) is 66.1 Å². The van der Waals surface area contributed by atoms with E-state index >= 15 is 0 Å². The van der Waals surface area contributed by atoms with Crippen molar-refractivity contribution < 1.29 is 0 Å². The molecule has 0 heterocycles. The van der Waals surface area contributed by atoms with Gasteiger partial charge in [0.05, 0.1) is 5.69 Å². The highest BCUT2D eigenvalue weighted by molar-refractivity contribution is 6.00. The molecule has 60 heavy (non-hydrogen) atoms. The third kappa shape index (κ3) is 5.77. The van der Waals surface area contributed by atoms with Gasteiger partial charge in [-0.25, -0.2) is 0 Å². The topological polar surface area (TPSA) is 3.24 Å².